The number of nitrogens with one attached hydrogen (secondary N) is 1. The molecule has 0 radical (unpaired) electrons. The van der Waals surface area contributed by atoms with Gasteiger partial charge in [-0.2, -0.15) is 0 Å². The molecular formula is C18H15ClN2OS. The molecular weight excluding hydrogens is 328 g/mol. The van der Waals surface area contributed by atoms with E-state index in [1.54, 1.807) is 36.3 Å². The Morgan fingerprint density at radius 3 is 2.39 bits per heavy atom. The van der Waals surface area contributed by atoms with Gasteiger partial charge in [-0.25, -0.2) is 0 Å². The zero-order valence-corrected chi connectivity index (χ0v) is 13.8. The van der Waals surface area contributed by atoms with E-state index in [0.29, 0.717) is 0 Å². The van der Waals surface area contributed by atoms with Crippen LogP contribution in [0.3, 0.4) is 0 Å². The fourth-order valence-electron chi connectivity index (χ4n) is 2.08. The second kappa shape index (κ2) is 7.40. The molecule has 5 heteroatoms. The average Bonchev–Trinajstić information content (AvgIpc) is 2.58. The molecule has 0 aliphatic heterocycles. The molecule has 0 aliphatic carbocycles. The van der Waals surface area contributed by atoms with E-state index in [9.17, 15) is 5.11 Å². The van der Waals surface area contributed by atoms with Crippen LogP contribution in [0.25, 0.3) is 0 Å². The number of aromatic hydroxyl groups is 1. The first kappa shape index (κ1) is 15.7. The highest BCUT2D eigenvalue weighted by Crippen LogP contribution is 2.36. The van der Waals surface area contributed by atoms with Gasteiger partial charge in [0.1, 0.15) is 11.1 Å². The first-order valence-electron chi connectivity index (χ1n) is 7.08. The molecule has 3 nitrogen and oxygen atoms in total. The van der Waals surface area contributed by atoms with Crippen molar-refractivity contribution in [3.63, 3.8) is 0 Å². The molecule has 0 saturated carbocycles. The zero-order chi connectivity index (χ0) is 16.1. The average molecular weight is 343 g/mol. The van der Waals surface area contributed by atoms with Crippen LogP contribution in [0, 0.1) is 0 Å². The van der Waals surface area contributed by atoms with E-state index in [-0.39, 0.29) is 11.1 Å². The summed E-state index contributed by atoms with van der Waals surface area (Å²) < 4.78 is 0. The van der Waals surface area contributed by atoms with Gasteiger partial charge in [0, 0.05) is 22.3 Å². The maximum Gasteiger partial charge on any atom is 0.115 e. The van der Waals surface area contributed by atoms with Crippen molar-refractivity contribution in [3.05, 3.63) is 83.6 Å². The number of rotatable bonds is 5. The Balaban J connectivity index is 1.86. The van der Waals surface area contributed by atoms with Gasteiger partial charge < -0.3 is 10.4 Å². The number of benzene rings is 2. The Morgan fingerprint density at radius 1 is 1.00 bits per heavy atom. The van der Waals surface area contributed by atoms with Crippen LogP contribution in [0.5, 0.6) is 5.75 Å². The highest BCUT2D eigenvalue weighted by molar-refractivity contribution is 7.99. The predicted molar refractivity (Wildman–Crippen MR) is 96.0 cm³/mol. The number of aromatic nitrogens is 1. The van der Waals surface area contributed by atoms with Crippen LogP contribution in [0.2, 0.25) is 5.02 Å². The van der Waals surface area contributed by atoms with Crippen molar-refractivity contribution in [3.8, 4) is 5.75 Å². The number of phenolic OH excluding ortho intramolecular Hbond substituents is 1. The molecule has 3 rings (SSSR count). The number of nitrogens with zero attached hydrogens (tertiary/aromatic N) is 1. The van der Waals surface area contributed by atoms with E-state index in [2.05, 4.69) is 10.3 Å². The van der Waals surface area contributed by atoms with Gasteiger partial charge in [0.25, 0.3) is 0 Å². The summed E-state index contributed by atoms with van der Waals surface area (Å²) in [6.45, 7) is 0. The van der Waals surface area contributed by atoms with E-state index in [0.717, 1.165) is 21.2 Å². The molecule has 2 N–H and O–H groups in total. The minimum Gasteiger partial charge on any atom is -0.508 e. The van der Waals surface area contributed by atoms with E-state index in [4.69, 9.17) is 11.6 Å². The lowest BCUT2D eigenvalue weighted by molar-refractivity contribution is 0.475. The smallest absolute Gasteiger partial charge is 0.115 e. The lowest BCUT2D eigenvalue weighted by Gasteiger charge is -2.20. The molecule has 23 heavy (non-hydrogen) atoms. The van der Waals surface area contributed by atoms with Gasteiger partial charge in [0.2, 0.25) is 0 Å². The lowest BCUT2D eigenvalue weighted by Crippen LogP contribution is -2.07. The minimum atomic E-state index is -0.0130. The number of phenols is 1. The van der Waals surface area contributed by atoms with Crippen molar-refractivity contribution in [2.75, 3.05) is 5.32 Å². The van der Waals surface area contributed by atoms with Gasteiger partial charge in [-0.15, -0.1) is 0 Å². The van der Waals surface area contributed by atoms with Crippen LogP contribution >= 0.6 is 23.4 Å². The molecule has 0 bridgehead atoms. The van der Waals surface area contributed by atoms with E-state index in [1.165, 1.54) is 0 Å². The first-order chi connectivity index (χ1) is 11.2. The topological polar surface area (TPSA) is 45.1 Å². The van der Waals surface area contributed by atoms with E-state index in [1.807, 2.05) is 48.5 Å². The second-order valence-electron chi connectivity index (χ2n) is 4.93. The van der Waals surface area contributed by atoms with Crippen molar-refractivity contribution < 1.29 is 5.11 Å². The van der Waals surface area contributed by atoms with Crippen LogP contribution in [0.15, 0.2) is 78.0 Å². The predicted octanol–water partition coefficient (Wildman–Crippen LogP) is 5.34. The van der Waals surface area contributed by atoms with Crippen LogP contribution < -0.4 is 5.32 Å². The Kier molecular flexibility index (Phi) is 5.05. The molecule has 1 heterocycles. The molecule has 0 spiro atoms. The Bertz CT molecular complexity index is 748. The van der Waals surface area contributed by atoms with Crippen molar-refractivity contribution in [1.82, 2.24) is 4.98 Å². The van der Waals surface area contributed by atoms with Gasteiger partial charge >= 0.3 is 0 Å². The largest absolute Gasteiger partial charge is 0.508 e. The maximum absolute atomic E-state index is 9.50. The number of thioether (sulfide) groups is 1. The van der Waals surface area contributed by atoms with Crippen molar-refractivity contribution in [1.29, 1.82) is 0 Å². The summed E-state index contributed by atoms with van der Waals surface area (Å²) >= 11 is 7.62. The Morgan fingerprint density at radius 2 is 1.74 bits per heavy atom. The number of hydrogen-bond acceptors (Lipinski definition) is 4. The molecule has 3 aromatic rings. The van der Waals surface area contributed by atoms with Crippen molar-refractivity contribution in [2.45, 2.75) is 10.3 Å². The number of halogens is 1. The quantitative estimate of drug-likeness (QED) is 0.485. The highest BCUT2D eigenvalue weighted by atomic mass is 35.5. The van der Waals surface area contributed by atoms with Crippen LogP contribution in [-0.4, -0.2) is 10.1 Å². The number of hydrogen-bond donors (Lipinski definition) is 2. The van der Waals surface area contributed by atoms with Crippen molar-refractivity contribution >= 4 is 29.1 Å². The van der Waals surface area contributed by atoms with Crippen molar-refractivity contribution in [2.24, 2.45) is 0 Å². The molecule has 116 valence electrons. The third-order valence-corrected chi connectivity index (χ3v) is 4.64. The molecule has 0 unspecified atom stereocenters. The SMILES string of the molecule is Oc1ccc([C@@H](Nc2cccnc2)Sc2ccc(Cl)cc2)cc1. The van der Waals surface area contributed by atoms with Crippen LogP contribution in [0.1, 0.15) is 10.9 Å². The zero-order valence-electron chi connectivity index (χ0n) is 12.2. The molecule has 0 saturated heterocycles. The highest BCUT2D eigenvalue weighted by Gasteiger charge is 2.13. The van der Waals surface area contributed by atoms with Gasteiger partial charge in [-0.1, -0.05) is 35.5 Å². The summed E-state index contributed by atoms with van der Waals surface area (Å²) in [5.74, 6) is 0.255. The third kappa shape index (κ3) is 4.41. The van der Waals surface area contributed by atoms with Gasteiger partial charge in [-0.05, 0) is 54.1 Å². The first-order valence-corrected chi connectivity index (χ1v) is 8.34. The number of pyridine rings is 1. The van der Waals surface area contributed by atoms with Crippen LogP contribution in [0.4, 0.5) is 5.69 Å². The minimum absolute atomic E-state index is 0.0130. The molecule has 0 fully saturated rings. The van der Waals surface area contributed by atoms with Gasteiger partial charge in [0.15, 0.2) is 0 Å². The monoisotopic (exact) mass is 342 g/mol. The van der Waals surface area contributed by atoms with Gasteiger partial charge in [0.05, 0.1) is 5.69 Å². The molecule has 1 atom stereocenters. The molecule has 0 amide bonds. The summed E-state index contributed by atoms with van der Waals surface area (Å²) in [4.78, 5) is 5.24. The summed E-state index contributed by atoms with van der Waals surface area (Å²) in [7, 11) is 0. The molecule has 0 aliphatic rings. The van der Waals surface area contributed by atoms with Crippen LogP contribution in [-0.2, 0) is 0 Å². The summed E-state index contributed by atoms with van der Waals surface area (Å²) in [5, 5.41) is 13.7. The summed E-state index contributed by atoms with van der Waals surface area (Å²) in [5.41, 5.74) is 2.00. The summed E-state index contributed by atoms with van der Waals surface area (Å²) in [6, 6.07) is 18.8. The normalized spacial score (nSPS) is 11.9. The summed E-state index contributed by atoms with van der Waals surface area (Å²) in [6.07, 6.45) is 3.53. The Hall–Kier alpha value is -2.17. The third-order valence-electron chi connectivity index (χ3n) is 3.22. The molecule has 2 aromatic carbocycles. The standard InChI is InChI=1S/C18H15ClN2OS/c19-14-5-9-17(10-6-14)23-18(13-3-7-16(22)8-4-13)21-15-2-1-11-20-12-15/h1-12,18,21-22H/t18-/m0/s1. The second-order valence-corrected chi connectivity index (χ2v) is 6.54. The Labute approximate surface area is 144 Å². The number of anilines is 1. The fraction of sp³-hybridized carbons (Fsp3) is 0.0556. The van der Waals surface area contributed by atoms with Gasteiger partial charge in [-0.3, -0.25) is 4.98 Å². The van der Waals surface area contributed by atoms with E-state index < -0.39 is 0 Å². The maximum atomic E-state index is 9.50. The lowest BCUT2D eigenvalue weighted by atomic mass is 10.2. The van der Waals surface area contributed by atoms with E-state index >= 15 is 0 Å². The molecule has 1 aromatic heterocycles. The fourth-order valence-corrected chi connectivity index (χ4v) is 3.26.